The van der Waals surface area contributed by atoms with Crippen molar-refractivity contribution in [2.24, 2.45) is 0 Å². The second-order valence-corrected chi connectivity index (χ2v) is 5.70. The first-order chi connectivity index (χ1) is 7.80. The van der Waals surface area contributed by atoms with Gasteiger partial charge in [0, 0.05) is 26.8 Å². The van der Waals surface area contributed by atoms with Gasteiger partial charge in [-0.15, -0.1) is 0 Å². The molecule has 0 heterocycles. The third kappa shape index (κ3) is 2.56. The van der Waals surface area contributed by atoms with Crippen molar-refractivity contribution in [1.29, 1.82) is 0 Å². The van der Waals surface area contributed by atoms with Gasteiger partial charge in [-0.1, -0.05) is 0 Å². The highest BCUT2D eigenvalue weighted by molar-refractivity contribution is 7.89. The average molecular weight is 258 g/mol. The van der Waals surface area contributed by atoms with Crippen LogP contribution in [0.5, 0.6) is 0 Å². The monoisotopic (exact) mass is 258 g/mol. The lowest BCUT2D eigenvalue weighted by Gasteiger charge is -2.13. The van der Waals surface area contributed by atoms with Crippen molar-refractivity contribution < 1.29 is 18.3 Å². The van der Waals surface area contributed by atoms with E-state index < -0.39 is 16.0 Å². The quantitative estimate of drug-likeness (QED) is 0.829. The highest BCUT2D eigenvalue weighted by Crippen LogP contribution is 2.21. The molecule has 0 saturated carbocycles. The van der Waals surface area contributed by atoms with E-state index >= 15 is 0 Å². The molecule has 1 aromatic carbocycles. The molecule has 2 N–H and O–H groups in total. The molecular weight excluding hydrogens is 244 g/mol. The van der Waals surface area contributed by atoms with Gasteiger partial charge in [-0.05, 0) is 18.2 Å². The first-order valence-electron chi connectivity index (χ1n) is 4.78. The Balaban J connectivity index is 3.41. The Bertz CT molecular complexity index is 537. The zero-order valence-corrected chi connectivity index (χ0v) is 10.6. The summed E-state index contributed by atoms with van der Waals surface area (Å²) in [6.07, 6.45) is 0. The highest BCUT2D eigenvalue weighted by Gasteiger charge is 2.20. The van der Waals surface area contributed by atoms with Crippen LogP contribution in [0.2, 0.25) is 0 Å². The number of anilines is 1. The SMILES string of the molecule is CNc1ccc(S(=O)(=O)N(C)C)cc1C(=O)O. The Hall–Kier alpha value is -1.60. The number of carboxylic acids is 1. The Morgan fingerprint density at radius 3 is 2.35 bits per heavy atom. The summed E-state index contributed by atoms with van der Waals surface area (Å²) in [4.78, 5) is 10.9. The van der Waals surface area contributed by atoms with Gasteiger partial charge in [0.25, 0.3) is 0 Å². The molecule has 0 aliphatic rings. The lowest BCUT2D eigenvalue weighted by Crippen LogP contribution is -2.22. The van der Waals surface area contributed by atoms with E-state index in [-0.39, 0.29) is 10.5 Å². The maximum atomic E-state index is 11.8. The van der Waals surface area contributed by atoms with E-state index in [0.717, 1.165) is 10.4 Å². The zero-order valence-electron chi connectivity index (χ0n) is 9.76. The van der Waals surface area contributed by atoms with Gasteiger partial charge in [0.1, 0.15) is 0 Å². The maximum Gasteiger partial charge on any atom is 0.337 e. The topological polar surface area (TPSA) is 86.7 Å². The van der Waals surface area contributed by atoms with Crippen molar-refractivity contribution in [3.63, 3.8) is 0 Å². The molecule has 1 aromatic rings. The fourth-order valence-electron chi connectivity index (χ4n) is 1.29. The van der Waals surface area contributed by atoms with Gasteiger partial charge in [-0.25, -0.2) is 17.5 Å². The fourth-order valence-corrected chi connectivity index (χ4v) is 2.22. The van der Waals surface area contributed by atoms with E-state index in [9.17, 15) is 13.2 Å². The summed E-state index contributed by atoms with van der Waals surface area (Å²) in [5.74, 6) is -1.18. The van der Waals surface area contributed by atoms with Crippen molar-refractivity contribution >= 4 is 21.7 Å². The van der Waals surface area contributed by atoms with Crippen LogP contribution in [-0.4, -0.2) is 44.9 Å². The van der Waals surface area contributed by atoms with Crippen LogP contribution in [0.3, 0.4) is 0 Å². The van der Waals surface area contributed by atoms with Gasteiger partial charge in [-0.3, -0.25) is 0 Å². The van der Waals surface area contributed by atoms with Crippen LogP contribution in [-0.2, 0) is 10.0 Å². The molecular formula is C10H14N2O4S. The molecule has 0 aliphatic carbocycles. The van der Waals surface area contributed by atoms with Crippen molar-refractivity contribution in [3.05, 3.63) is 23.8 Å². The van der Waals surface area contributed by atoms with Crippen LogP contribution in [0.1, 0.15) is 10.4 Å². The van der Waals surface area contributed by atoms with Crippen LogP contribution in [0.25, 0.3) is 0 Å². The minimum Gasteiger partial charge on any atom is -0.478 e. The molecule has 0 amide bonds. The first kappa shape index (κ1) is 13.5. The molecule has 0 atom stereocenters. The van der Waals surface area contributed by atoms with E-state index in [1.165, 1.54) is 26.2 Å². The predicted octanol–water partition coefficient (Wildman–Crippen LogP) is 0.677. The Morgan fingerprint density at radius 1 is 1.35 bits per heavy atom. The predicted molar refractivity (Wildman–Crippen MR) is 63.8 cm³/mol. The number of benzene rings is 1. The van der Waals surface area contributed by atoms with Crippen molar-refractivity contribution in [2.75, 3.05) is 26.5 Å². The summed E-state index contributed by atoms with van der Waals surface area (Å²) < 4.78 is 24.7. The third-order valence-electron chi connectivity index (χ3n) is 2.27. The van der Waals surface area contributed by atoms with E-state index in [1.54, 1.807) is 7.05 Å². The summed E-state index contributed by atoms with van der Waals surface area (Å²) >= 11 is 0. The molecule has 17 heavy (non-hydrogen) atoms. The molecule has 0 aliphatic heterocycles. The summed E-state index contributed by atoms with van der Waals surface area (Å²) in [5, 5.41) is 11.7. The van der Waals surface area contributed by atoms with Crippen LogP contribution < -0.4 is 5.32 Å². The molecule has 0 unspecified atom stereocenters. The second kappa shape index (κ2) is 4.72. The van der Waals surface area contributed by atoms with Gasteiger partial charge in [0.2, 0.25) is 10.0 Å². The molecule has 0 spiro atoms. The van der Waals surface area contributed by atoms with Gasteiger partial charge in [0.05, 0.1) is 10.5 Å². The molecule has 94 valence electrons. The van der Waals surface area contributed by atoms with Gasteiger partial charge in [0.15, 0.2) is 0 Å². The smallest absolute Gasteiger partial charge is 0.337 e. The number of sulfonamides is 1. The van der Waals surface area contributed by atoms with E-state index in [0.29, 0.717) is 5.69 Å². The van der Waals surface area contributed by atoms with Crippen molar-refractivity contribution in [2.45, 2.75) is 4.90 Å². The molecule has 0 bridgehead atoms. The number of hydrogen-bond donors (Lipinski definition) is 2. The van der Waals surface area contributed by atoms with Crippen molar-refractivity contribution in [1.82, 2.24) is 4.31 Å². The lowest BCUT2D eigenvalue weighted by molar-refractivity contribution is 0.0697. The van der Waals surface area contributed by atoms with Crippen molar-refractivity contribution in [3.8, 4) is 0 Å². The first-order valence-corrected chi connectivity index (χ1v) is 6.22. The average Bonchev–Trinajstić information content (AvgIpc) is 2.27. The van der Waals surface area contributed by atoms with Crippen LogP contribution in [0.4, 0.5) is 5.69 Å². The Kier molecular flexibility index (Phi) is 3.74. The summed E-state index contributed by atoms with van der Waals surface area (Å²) in [5.41, 5.74) is 0.297. The lowest BCUT2D eigenvalue weighted by atomic mass is 10.2. The minimum absolute atomic E-state index is 0.0427. The van der Waals surface area contributed by atoms with E-state index in [2.05, 4.69) is 5.32 Å². The fraction of sp³-hybridized carbons (Fsp3) is 0.300. The standard InChI is InChI=1S/C10H14N2O4S/c1-11-9-5-4-7(6-8(9)10(13)14)17(15,16)12(2)3/h4-6,11H,1-3H3,(H,13,14). The second-order valence-electron chi connectivity index (χ2n) is 3.55. The molecule has 0 aromatic heterocycles. The highest BCUT2D eigenvalue weighted by atomic mass is 32.2. The third-order valence-corrected chi connectivity index (χ3v) is 4.08. The molecule has 0 fully saturated rings. The van der Waals surface area contributed by atoms with Gasteiger partial charge < -0.3 is 10.4 Å². The van der Waals surface area contributed by atoms with Crippen LogP contribution >= 0.6 is 0 Å². The zero-order chi connectivity index (χ0) is 13.2. The largest absolute Gasteiger partial charge is 0.478 e. The number of carboxylic acid groups (broad SMARTS) is 1. The summed E-state index contributed by atoms with van der Waals surface area (Å²) in [6.45, 7) is 0. The minimum atomic E-state index is -3.62. The number of nitrogens with one attached hydrogen (secondary N) is 1. The van der Waals surface area contributed by atoms with Crippen LogP contribution in [0, 0.1) is 0 Å². The molecule has 0 radical (unpaired) electrons. The number of aromatic carboxylic acids is 1. The number of hydrogen-bond acceptors (Lipinski definition) is 4. The van der Waals surface area contributed by atoms with E-state index in [1.807, 2.05) is 0 Å². The van der Waals surface area contributed by atoms with Gasteiger partial charge in [-0.2, -0.15) is 0 Å². The molecule has 7 heteroatoms. The molecule has 1 rings (SSSR count). The van der Waals surface area contributed by atoms with E-state index in [4.69, 9.17) is 5.11 Å². The molecule has 6 nitrogen and oxygen atoms in total. The summed E-state index contributed by atoms with van der Waals surface area (Å²) in [6, 6.07) is 3.94. The van der Waals surface area contributed by atoms with Crippen LogP contribution in [0.15, 0.2) is 23.1 Å². The number of rotatable bonds is 4. The summed E-state index contributed by atoms with van der Waals surface area (Å²) in [7, 11) is 0.737. The normalized spacial score (nSPS) is 11.5. The Morgan fingerprint density at radius 2 is 1.94 bits per heavy atom. The Labute approximate surface area is 99.9 Å². The van der Waals surface area contributed by atoms with Gasteiger partial charge >= 0.3 is 5.97 Å². The number of nitrogens with zero attached hydrogens (tertiary/aromatic N) is 1. The number of carbonyl (C=O) groups is 1. The maximum absolute atomic E-state index is 11.8. The molecule has 0 saturated heterocycles.